The third-order valence-corrected chi connectivity index (χ3v) is 3.51. The Morgan fingerprint density at radius 3 is 2.60 bits per heavy atom. The number of alkyl halides is 2. The minimum Gasteiger partial charge on any atom is -0.422 e. The summed E-state index contributed by atoms with van der Waals surface area (Å²) in [5.74, 6) is -4.51. The number of rotatable bonds is 11. The number of nitrogens with two attached hydrogens (primary N) is 1. The number of amides is 2. The maximum absolute atomic E-state index is 13.5. The first kappa shape index (κ1) is 20.9. The van der Waals surface area contributed by atoms with Crippen LogP contribution in [0.15, 0.2) is 4.42 Å². The van der Waals surface area contributed by atoms with E-state index in [1.54, 1.807) is 13.8 Å². The van der Waals surface area contributed by atoms with E-state index in [4.69, 9.17) is 10.2 Å². The highest BCUT2D eigenvalue weighted by molar-refractivity contribution is 5.85. The van der Waals surface area contributed by atoms with Crippen molar-refractivity contribution in [3.05, 3.63) is 18.2 Å². The van der Waals surface area contributed by atoms with Crippen LogP contribution >= 0.6 is 0 Å². The molecule has 1 rings (SSSR count). The Kier molecular flexibility index (Phi) is 7.88. The van der Waals surface area contributed by atoms with Gasteiger partial charge in [0, 0.05) is 25.7 Å². The largest absolute Gasteiger partial charge is 0.422 e. The van der Waals surface area contributed by atoms with Crippen molar-refractivity contribution < 1.29 is 27.9 Å². The van der Waals surface area contributed by atoms with Gasteiger partial charge in [-0.15, -0.1) is 10.2 Å². The standard InChI is InChI=1S/C15H23F2N4O4/c1-3-9(13(24)14-21-20-12(4-2)25-14)19-11(23)6-8-15(16,17)7-5-10(18)22/h6,9,13,24H,3-5,7-8H2,1-2H3,(H2,18,22)(H,19,23)/t9-,13-/m0/s1. The quantitative estimate of drug-likeness (QED) is 0.540. The lowest BCUT2D eigenvalue weighted by Crippen LogP contribution is -2.39. The molecule has 0 unspecified atom stereocenters. The summed E-state index contributed by atoms with van der Waals surface area (Å²) in [6, 6.07) is -0.770. The molecule has 0 saturated carbocycles. The number of aliphatic hydroxyl groups excluding tert-OH is 1. The number of hydrogen-bond acceptors (Lipinski definition) is 6. The molecule has 0 saturated heterocycles. The molecule has 0 aliphatic heterocycles. The molecule has 0 spiro atoms. The number of carbonyl (C=O) groups is 2. The molecule has 2 atom stereocenters. The lowest BCUT2D eigenvalue weighted by molar-refractivity contribution is -0.121. The van der Waals surface area contributed by atoms with Gasteiger partial charge in [0.25, 0.3) is 0 Å². The molecule has 1 heterocycles. The van der Waals surface area contributed by atoms with E-state index in [0.717, 1.165) is 6.42 Å². The highest BCUT2D eigenvalue weighted by Gasteiger charge is 2.31. The fourth-order valence-corrected chi connectivity index (χ4v) is 2.00. The van der Waals surface area contributed by atoms with Crippen molar-refractivity contribution in [2.24, 2.45) is 5.73 Å². The lowest BCUT2D eigenvalue weighted by atomic mass is 10.1. The Morgan fingerprint density at radius 1 is 1.40 bits per heavy atom. The number of nitrogens with zero attached hydrogens (tertiary/aromatic N) is 2. The van der Waals surface area contributed by atoms with E-state index in [2.05, 4.69) is 15.5 Å². The van der Waals surface area contributed by atoms with Crippen molar-refractivity contribution >= 4 is 11.8 Å². The SMILES string of the molecule is CCc1nnc([C@@H](O)[C@H](CC)NC(=O)[CH]CC(F)(F)CCC(N)=O)o1. The topological polar surface area (TPSA) is 131 Å². The van der Waals surface area contributed by atoms with Gasteiger partial charge in [0.15, 0.2) is 6.10 Å². The van der Waals surface area contributed by atoms with Gasteiger partial charge in [0.2, 0.25) is 29.5 Å². The van der Waals surface area contributed by atoms with E-state index in [-0.39, 0.29) is 5.89 Å². The number of halogens is 2. The summed E-state index contributed by atoms with van der Waals surface area (Å²) in [6.07, 6.45) is -1.67. The molecule has 10 heteroatoms. The average molecular weight is 361 g/mol. The molecule has 2 amide bonds. The Balaban J connectivity index is 2.53. The van der Waals surface area contributed by atoms with Crippen molar-refractivity contribution in [3.63, 3.8) is 0 Å². The lowest BCUT2D eigenvalue weighted by Gasteiger charge is -2.21. The number of aryl methyl sites for hydroxylation is 1. The first-order valence-corrected chi connectivity index (χ1v) is 7.98. The van der Waals surface area contributed by atoms with Crippen LogP contribution in [0.1, 0.15) is 57.4 Å². The predicted molar refractivity (Wildman–Crippen MR) is 83.1 cm³/mol. The van der Waals surface area contributed by atoms with Gasteiger partial charge in [0.05, 0.1) is 12.5 Å². The van der Waals surface area contributed by atoms with Crippen LogP contribution in [0.4, 0.5) is 8.78 Å². The number of hydrogen-bond donors (Lipinski definition) is 3. The molecule has 141 valence electrons. The van der Waals surface area contributed by atoms with Crippen molar-refractivity contribution in [1.29, 1.82) is 0 Å². The summed E-state index contributed by atoms with van der Waals surface area (Å²) in [4.78, 5) is 22.4. The zero-order chi connectivity index (χ0) is 19.0. The van der Waals surface area contributed by atoms with Crippen LogP contribution in [0.3, 0.4) is 0 Å². The summed E-state index contributed by atoms with van der Waals surface area (Å²) >= 11 is 0. The first-order chi connectivity index (χ1) is 11.7. The van der Waals surface area contributed by atoms with Crippen molar-refractivity contribution in [2.75, 3.05) is 0 Å². The maximum atomic E-state index is 13.5. The molecule has 4 N–H and O–H groups in total. The number of aliphatic hydroxyl groups is 1. The van der Waals surface area contributed by atoms with E-state index < -0.39 is 49.1 Å². The van der Waals surface area contributed by atoms with Crippen LogP contribution in [0.25, 0.3) is 0 Å². The van der Waals surface area contributed by atoms with E-state index in [0.29, 0.717) is 18.7 Å². The third-order valence-electron chi connectivity index (χ3n) is 3.51. The van der Waals surface area contributed by atoms with Gasteiger partial charge >= 0.3 is 0 Å². The van der Waals surface area contributed by atoms with Crippen LogP contribution in [0.2, 0.25) is 0 Å². The molecular weight excluding hydrogens is 338 g/mol. The van der Waals surface area contributed by atoms with Gasteiger partial charge in [-0.25, -0.2) is 8.78 Å². The average Bonchev–Trinajstić information content (AvgIpc) is 3.05. The summed E-state index contributed by atoms with van der Waals surface area (Å²) < 4.78 is 32.3. The second-order valence-corrected chi connectivity index (χ2v) is 5.59. The summed E-state index contributed by atoms with van der Waals surface area (Å²) in [5.41, 5.74) is 4.83. The molecule has 0 bridgehead atoms. The van der Waals surface area contributed by atoms with Crippen molar-refractivity contribution in [3.8, 4) is 0 Å². The Hall–Kier alpha value is -2.10. The molecule has 25 heavy (non-hydrogen) atoms. The Morgan fingerprint density at radius 2 is 2.08 bits per heavy atom. The minimum atomic E-state index is -3.21. The molecule has 0 fully saturated rings. The van der Waals surface area contributed by atoms with E-state index in [1.807, 2.05) is 0 Å². The van der Waals surface area contributed by atoms with Crippen LogP contribution in [-0.2, 0) is 16.0 Å². The van der Waals surface area contributed by atoms with Crippen molar-refractivity contribution in [2.45, 2.75) is 64.0 Å². The fourth-order valence-electron chi connectivity index (χ4n) is 2.00. The minimum absolute atomic E-state index is 0.0456. The van der Waals surface area contributed by atoms with Crippen LogP contribution in [0, 0.1) is 6.42 Å². The molecule has 0 aliphatic carbocycles. The maximum Gasteiger partial charge on any atom is 0.249 e. The number of nitrogens with one attached hydrogen (secondary N) is 1. The Labute approximate surface area is 144 Å². The Bertz CT molecular complexity index is 580. The zero-order valence-corrected chi connectivity index (χ0v) is 14.2. The monoisotopic (exact) mass is 361 g/mol. The highest BCUT2D eigenvalue weighted by Crippen LogP contribution is 2.26. The first-order valence-electron chi connectivity index (χ1n) is 7.98. The second-order valence-electron chi connectivity index (χ2n) is 5.59. The fraction of sp³-hybridized carbons (Fsp3) is 0.667. The van der Waals surface area contributed by atoms with Gasteiger partial charge in [-0.2, -0.15) is 0 Å². The number of primary amides is 1. The van der Waals surface area contributed by atoms with Gasteiger partial charge < -0.3 is 20.6 Å². The van der Waals surface area contributed by atoms with Gasteiger partial charge in [0.1, 0.15) is 0 Å². The summed E-state index contributed by atoms with van der Waals surface area (Å²) in [7, 11) is 0. The van der Waals surface area contributed by atoms with Crippen LogP contribution in [0.5, 0.6) is 0 Å². The van der Waals surface area contributed by atoms with E-state index >= 15 is 0 Å². The molecule has 8 nitrogen and oxygen atoms in total. The summed E-state index contributed by atoms with van der Waals surface area (Å²) in [5, 5.41) is 20.0. The molecule has 1 aromatic heterocycles. The molecule has 1 aromatic rings. The second kappa shape index (κ2) is 9.40. The molecule has 0 aromatic carbocycles. The van der Waals surface area contributed by atoms with Crippen LogP contribution < -0.4 is 11.1 Å². The third kappa shape index (κ3) is 7.12. The smallest absolute Gasteiger partial charge is 0.249 e. The predicted octanol–water partition coefficient (Wildman–Crippen LogP) is 1.06. The van der Waals surface area contributed by atoms with E-state index in [1.165, 1.54) is 0 Å². The highest BCUT2D eigenvalue weighted by atomic mass is 19.3. The molecular formula is C15H23F2N4O4. The van der Waals surface area contributed by atoms with Crippen LogP contribution in [-0.4, -0.2) is 39.1 Å². The van der Waals surface area contributed by atoms with Gasteiger partial charge in [-0.1, -0.05) is 13.8 Å². The number of carbonyl (C=O) groups excluding carboxylic acids is 2. The van der Waals surface area contributed by atoms with E-state index in [9.17, 15) is 23.5 Å². The normalized spacial score (nSPS) is 14.1. The number of aromatic nitrogens is 2. The molecule has 1 radical (unpaired) electrons. The zero-order valence-electron chi connectivity index (χ0n) is 14.2. The van der Waals surface area contributed by atoms with Gasteiger partial charge in [-0.05, 0) is 6.42 Å². The summed E-state index contributed by atoms with van der Waals surface area (Å²) in [6.45, 7) is 3.50. The molecule has 0 aliphatic rings. The van der Waals surface area contributed by atoms with Gasteiger partial charge in [-0.3, -0.25) is 9.59 Å². The van der Waals surface area contributed by atoms with Crippen molar-refractivity contribution in [1.82, 2.24) is 15.5 Å².